The Kier molecular flexibility index (Phi) is 5.81. The van der Waals surface area contributed by atoms with Crippen LogP contribution in [0, 0.1) is 0 Å². The van der Waals surface area contributed by atoms with E-state index in [-0.39, 0.29) is 11.9 Å². The Bertz CT molecular complexity index is 586. The van der Waals surface area contributed by atoms with Crippen LogP contribution in [0.25, 0.3) is 0 Å². The van der Waals surface area contributed by atoms with Crippen LogP contribution < -0.4 is 10.1 Å². The van der Waals surface area contributed by atoms with E-state index < -0.39 is 0 Å². The van der Waals surface area contributed by atoms with Crippen LogP contribution in [0.2, 0.25) is 0 Å². The fraction of sp³-hybridized carbons (Fsp3) is 0.235. The van der Waals surface area contributed by atoms with Crippen molar-refractivity contribution in [1.82, 2.24) is 5.32 Å². The topological polar surface area (TPSA) is 38.3 Å². The molecule has 0 fully saturated rings. The number of benzene rings is 2. The van der Waals surface area contributed by atoms with Crippen LogP contribution in [0.4, 0.5) is 0 Å². The van der Waals surface area contributed by atoms with Gasteiger partial charge < -0.3 is 10.1 Å². The normalized spacial score (nSPS) is 11.7. The van der Waals surface area contributed by atoms with Crippen molar-refractivity contribution in [2.75, 3.05) is 12.4 Å². The van der Waals surface area contributed by atoms with Gasteiger partial charge in [-0.15, -0.1) is 0 Å². The van der Waals surface area contributed by atoms with Crippen molar-refractivity contribution in [1.29, 1.82) is 0 Å². The molecule has 2 aromatic rings. The summed E-state index contributed by atoms with van der Waals surface area (Å²) in [7, 11) is 1.61. The summed E-state index contributed by atoms with van der Waals surface area (Å²) in [5.41, 5.74) is 1.97. The van der Waals surface area contributed by atoms with Gasteiger partial charge in [0.25, 0.3) is 0 Å². The standard InChI is InChI=1S/C17H18BrNO2/c1-21-16-10-6-5-9-14(16)11-17(20)19-15(12-18)13-7-3-2-4-8-13/h2-10,15H,11-12H2,1H3,(H,19,20). The summed E-state index contributed by atoms with van der Waals surface area (Å²) in [6.07, 6.45) is 0.306. The highest BCUT2D eigenvalue weighted by Gasteiger charge is 2.14. The summed E-state index contributed by atoms with van der Waals surface area (Å²) >= 11 is 3.46. The van der Waals surface area contributed by atoms with E-state index in [0.29, 0.717) is 11.8 Å². The number of hydrogen-bond acceptors (Lipinski definition) is 2. The largest absolute Gasteiger partial charge is 0.496 e. The van der Waals surface area contributed by atoms with Crippen LogP contribution in [-0.4, -0.2) is 18.3 Å². The van der Waals surface area contributed by atoms with Crippen molar-refractivity contribution >= 4 is 21.8 Å². The first-order chi connectivity index (χ1) is 10.2. The van der Waals surface area contributed by atoms with E-state index in [2.05, 4.69) is 21.2 Å². The van der Waals surface area contributed by atoms with Gasteiger partial charge in [0.05, 0.1) is 19.6 Å². The van der Waals surface area contributed by atoms with Gasteiger partial charge in [-0.3, -0.25) is 4.79 Å². The molecule has 0 heterocycles. The number of para-hydroxylation sites is 1. The molecule has 0 radical (unpaired) electrons. The highest BCUT2D eigenvalue weighted by molar-refractivity contribution is 9.09. The Morgan fingerprint density at radius 1 is 1.14 bits per heavy atom. The lowest BCUT2D eigenvalue weighted by Gasteiger charge is -2.17. The van der Waals surface area contributed by atoms with Crippen LogP contribution in [0.5, 0.6) is 5.75 Å². The lowest BCUT2D eigenvalue weighted by atomic mass is 10.1. The molecule has 1 N–H and O–H groups in total. The molecule has 1 unspecified atom stereocenters. The average molecular weight is 348 g/mol. The molecule has 2 rings (SSSR count). The highest BCUT2D eigenvalue weighted by Crippen LogP contribution is 2.19. The van der Waals surface area contributed by atoms with Gasteiger partial charge >= 0.3 is 0 Å². The fourth-order valence-electron chi connectivity index (χ4n) is 2.16. The zero-order valence-corrected chi connectivity index (χ0v) is 13.5. The fourth-order valence-corrected chi connectivity index (χ4v) is 2.70. The van der Waals surface area contributed by atoms with Crippen LogP contribution in [0.15, 0.2) is 54.6 Å². The van der Waals surface area contributed by atoms with E-state index in [1.807, 2.05) is 54.6 Å². The number of ether oxygens (including phenoxy) is 1. The molecule has 0 spiro atoms. The number of amides is 1. The third kappa shape index (κ3) is 4.33. The van der Waals surface area contributed by atoms with Crippen molar-refractivity contribution in [2.45, 2.75) is 12.5 Å². The number of rotatable bonds is 6. The van der Waals surface area contributed by atoms with Gasteiger partial charge in [0.1, 0.15) is 5.75 Å². The molecule has 0 aliphatic rings. The third-order valence-electron chi connectivity index (χ3n) is 3.23. The van der Waals surface area contributed by atoms with Crippen molar-refractivity contribution in [3.63, 3.8) is 0 Å². The monoisotopic (exact) mass is 347 g/mol. The molecule has 3 nitrogen and oxygen atoms in total. The molecule has 0 saturated heterocycles. The smallest absolute Gasteiger partial charge is 0.225 e. The van der Waals surface area contributed by atoms with Gasteiger partial charge in [-0.25, -0.2) is 0 Å². The molecule has 110 valence electrons. The maximum atomic E-state index is 12.2. The molecular formula is C17H18BrNO2. The van der Waals surface area contributed by atoms with Crippen LogP contribution >= 0.6 is 15.9 Å². The number of carbonyl (C=O) groups is 1. The Labute approximate surface area is 133 Å². The summed E-state index contributed by atoms with van der Waals surface area (Å²) in [6.45, 7) is 0. The minimum absolute atomic E-state index is 0.0206. The summed E-state index contributed by atoms with van der Waals surface area (Å²) in [5.74, 6) is 0.718. The SMILES string of the molecule is COc1ccccc1CC(=O)NC(CBr)c1ccccc1. The maximum absolute atomic E-state index is 12.2. The van der Waals surface area contributed by atoms with E-state index >= 15 is 0 Å². The Balaban J connectivity index is 2.03. The Morgan fingerprint density at radius 3 is 2.48 bits per heavy atom. The first kappa shape index (κ1) is 15.6. The Hall–Kier alpha value is -1.81. The first-order valence-electron chi connectivity index (χ1n) is 6.76. The van der Waals surface area contributed by atoms with E-state index in [9.17, 15) is 4.79 Å². The molecule has 0 aromatic heterocycles. The van der Waals surface area contributed by atoms with Gasteiger partial charge in [0.15, 0.2) is 0 Å². The second-order valence-corrected chi connectivity index (χ2v) is 5.32. The second-order valence-electron chi connectivity index (χ2n) is 4.67. The second kappa shape index (κ2) is 7.84. The zero-order chi connectivity index (χ0) is 15.1. The lowest BCUT2D eigenvalue weighted by molar-refractivity contribution is -0.121. The van der Waals surface area contributed by atoms with E-state index in [1.54, 1.807) is 7.11 Å². The highest BCUT2D eigenvalue weighted by atomic mass is 79.9. The molecule has 0 aliphatic heterocycles. The molecular weight excluding hydrogens is 330 g/mol. The van der Waals surface area contributed by atoms with Gasteiger partial charge in [-0.05, 0) is 11.6 Å². The van der Waals surface area contributed by atoms with Gasteiger partial charge in [0, 0.05) is 10.9 Å². The molecule has 0 aliphatic carbocycles. The van der Waals surface area contributed by atoms with Crippen molar-refractivity contribution in [3.05, 3.63) is 65.7 Å². The lowest BCUT2D eigenvalue weighted by Crippen LogP contribution is -2.30. The predicted octanol–water partition coefficient (Wildman–Crippen LogP) is 3.49. The summed E-state index contributed by atoms with van der Waals surface area (Å²) in [6, 6.07) is 17.5. The molecule has 2 aromatic carbocycles. The van der Waals surface area contributed by atoms with Crippen LogP contribution in [-0.2, 0) is 11.2 Å². The predicted molar refractivity (Wildman–Crippen MR) is 87.8 cm³/mol. The number of methoxy groups -OCH3 is 1. The van der Waals surface area contributed by atoms with Gasteiger partial charge in [0.2, 0.25) is 5.91 Å². The van der Waals surface area contributed by atoms with Crippen LogP contribution in [0.1, 0.15) is 17.2 Å². The van der Waals surface area contributed by atoms with E-state index in [0.717, 1.165) is 16.9 Å². The number of halogens is 1. The Morgan fingerprint density at radius 2 is 1.81 bits per heavy atom. The molecule has 1 atom stereocenters. The summed E-state index contributed by atoms with van der Waals surface area (Å²) in [4.78, 5) is 12.2. The molecule has 4 heteroatoms. The minimum Gasteiger partial charge on any atom is -0.496 e. The summed E-state index contributed by atoms with van der Waals surface area (Å²) < 4.78 is 5.27. The zero-order valence-electron chi connectivity index (χ0n) is 11.9. The third-order valence-corrected chi connectivity index (χ3v) is 3.88. The maximum Gasteiger partial charge on any atom is 0.225 e. The van der Waals surface area contributed by atoms with Crippen molar-refractivity contribution in [2.24, 2.45) is 0 Å². The van der Waals surface area contributed by atoms with Crippen molar-refractivity contribution in [3.8, 4) is 5.75 Å². The quantitative estimate of drug-likeness (QED) is 0.812. The van der Waals surface area contributed by atoms with Crippen molar-refractivity contribution < 1.29 is 9.53 Å². The molecule has 21 heavy (non-hydrogen) atoms. The van der Waals surface area contributed by atoms with Gasteiger partial charge in [-0.2, -0.15) is 0 Å². The minimum atomic E-state index is -0.0339. The average Bonchev–Trinajstić information content (AvgIpc) is 2.54. The molecule has 1 amide bonds. The molecule has 0 bridgehead atoms. The van der Waals surface area contributed by atoms with Crippen LogP contribution in [0.3, 0.4) is 0 Å². The summed E-state index contributed by atoms with van der Waals surface area (Å²) in [5, 5.41) is 3.72. The molecule has 0 saturated carbocycles. The number of alkyl halides is 1. The number of hydrogen-bond donors (Lipinski definition) is 1. The first-order valence-corrected chi connectivity index (χ1v) is 7.89. The van der Waals surface area contributed by atoms with E-state index in [1.165, 1.54) is 0 Å². The van der Waals surface area contributed by atoms with Gasteiger partial charge in [-0.1, -0.05) is 64.5 Å². The van der Waals surface area contributed by atoms with E-state index in [4.69, 9.17) is 4.74 Å². The number of carbonyl (C=O) groups excluding carboxylic acids is 1. The number of nitrogens with one attached hydrogen (secondary N) is 1.